The highest BCUT2D eigenvalue weighted by Gasteiger charge is 2.14. The van der Waals surface area contributed by atoms with Crippen molar-refractivity contribution in [3.8, 4) is 5.75 Å². The molecule has 1 N–H and O–H groups in total. The fourth-order valence-electron chi connectivity index (χ4n) is 1.95. The molecule has 0 bridgehead atoms. The van der Waals surface area contributed by atoms with Gasteiger partial charge in [-0.15, -0.1) is 0 Å². The highest BCUT2D eigenvalue weighted by atomic mass is 16.5. The van der Waals surface area contributed by atoms with Crippen LogP contribution < -0.4 is 10.1 Å². The third kappa shape index (κ3) is 2.96. The van der Waals surface area contributed by atoms with Gasteiger partial charge in [0.15, 0.2) is 0 Å². The van der Waals surface area contributed by atoms with Crippen LogP contribution >= 0.6 is 0 Å². The molecule has 15 heavy (non-hydrogen) atoms. The Hall–Kier alpha value is -1.02. The lowest BCUT2D eigenvalue weighted by atomic mass is 10.2. The van der Waals surface area contributed by atoms with Gasteiger partial charge in [0.2, 0.25) is 0 Å². The van der Waals surface area contributed by atoms with Crippen molar-refractivity contribution >= 4 is 0 Å². The highest BCUT2D eigenvalue weighted by molar-refractivity contribution is 5.28. The maximum absolute atomic E-state index is 5.77. The van der Waals surface area contributed by atoms with Crippen molar-refractivity contribution in [3.05, 3.63) is 29.8 Å². The molecular weight excluding hydrogens is 186 g/mol. The molecule has 0 amide bonds. The molecule has 0 radical (unpaired) electrons. The van der Waals surface area contributed by atoms with Gasteiger partial charge in [-0.1, -0.05) is 19.1 Å². The van der Waals surface area contributed by atoms with Crippen LogP contribution in [0.25, 0.3) is 0 Å². The molecule has 0 saturated carbocycles. The number of nitrogens with one attached hydrogen (secondary N) is 1. The molecule has 0 aliphatic carbocycles. The lowest BCUT2D eigenvalue weighted by Crippen LogP contribution is -2.28. The maximum atomic E-state index is 5.77. The van der Waals surface area contributed by atoms with Crippen LogP contribution in [-0.2, 0) is 6.42 Å². The molecule has 1 fully saturated rings. The van der Waals surface area contributed by atoms with Crippen molar-refractivity contribution in [2.24, 2.45) is 0 Å². The van der Waals surface area contributed by atoms with Crippen LogP contribution in [0.1, 0.15) is 25.3 Å². The average molecular weight is 205 g/mol. The second kappa shape index (κ2) is 5.17. The van der Waals surface area contributed by atoms with E-state index in [1.807, 2.05) is 6.07 Å². The largest absolute Gasteiger partial charge is 0.492 e. The van der Waals surface area contributed by atoms with Gasteiger partial charge < -0.3 is 10.1 Å². The SMILES string of the molecule is CCc1cccc(OC[C@@H]2CCCN2)c1. The monoisotopic (exact) mass is 205 g/mol. The molecule has 0 unspecified atom stereocenters. The fraction of sp³-hybridized carbons (Fsp3) is 0.538. The van der Waals surface area contributed by atoms with Gasteiger partial charge in [-0.3, -0.25) is 0 Å². The third-order valence-corrected chi connectivity index (χ3v) is 2.92. The maximum Gasteiger partial charge on any atom is 0.119 e. The van der Waals surface area contributed by atoms with E-state index in [4.69, 9.17) is 4.74 Å². The van der Waals surface area contributed by atoms with Gasteiger partial charge in [0.05, 0.1) is 0 Å². The summed E-state index contributed by atoms with van der Waals surface area (Å²) < 4.78 is 5.77. The van der Waals surface area contributed by atoms with Crippen molar-refractivity contribution in [1.82, 2.24) is 5.32 Å². The first-order chi connectivity index (χ1) is 7.38. The van der Waals surface area contributed by atoms with Crippen LogP contribution in [0.3, 0.4) is 0 Å². The zero-order chi connectivity index (χ0) is 10.5. The first-order valence-corrected chi connectivity index (χ1v) is 5.83. The molecule has 1 aromatic carbocycles. The summed E-state index contributed by atoms with van der Waals surface area (Å²) in [5.41, 5.74) is 1.34. The van der Waals surface area contributed by atoms with Gasteiger partial charge in [-0.05, 0) is 43.5 Å². The molecule has 1 atom stereocenters. The number of aryl methyl sites for hydroxylation is 1. The number of benzene rings is 1. The molecule has 2 heteroatoms. The van der Waals surface area contributed by atoms with Crippen molar-refractivity contribution in [1.29, 1.82) is 0 Å². The smallest absolute Gasteiger partial charge is 0.119 e. The first-order valence-electron chi connectivity index (χ1n) is 5.83. The van der Waals surface area contributed by atoms with E-state index in [9.17, 15) is 0 Å². The van der Waals surface area contributed by atoms with E-state index in [1.54, 1.807) is 0 Å². The summed E-state index contributed by atoms with van der Waals surface area (Å²) in [4.78, 5) is 0. The fourth-order valence-corrected chi connectivity index (χ4v) is 1.95. The molecule has 0 spiro atoms. The molecule has 0 aromatic heterocycles. The Morgan fingerprint density at radius 3 is 3.13 bits per heavy atom. The Labute approximate surface area is 91.6 Å². The summed E-state index contributed by atoms with van der Waals surface area (Å²) >= 11 is 0. The third-order valence-electron chi connectivity index (χ3n) is 2.92. The lowest BCUT2D eigenvalue weighted by molar-refractivity contribution is 0.277. The van der Waals surface area contributed by atoms with E-state index in [2.05, 4.69) is 30.4 Å². The second-order valence-electron chi connectivity index (χ2n) is 4.11. The summed E-state index contributed by atoms with van der Waals surface area (Å²) in [7, 11) is 0. The first kappa shape index (κ1) is 10.5. The van der Waals surface area contributed by atoms with E-state index < -0.39 is 0 Å². The average Bonchev–Trinajstić information content (AvgIpc) is 2.79. The minimum Gasteiger partial charge on any atom is -0.492 e. The van der Waals surface area contributed by atoms with Gasteiger partial charge in [-0.25, -0.2) is 0 Å². The standard InChI is InChI=1S/C13H19NO/c1-2-11-5-3-7-13(9-11)15-10-12-6-4-8-14-12/h3,5,7,9,12,14H,2,4,6,8,10H2,1H3/t12-/m0/s1. The van der Waals surface area contributed by atoms with E-state index >= 15 is 0 Å². The van der Waals surface area contributed by atoms with Crippen LogP contribution in [-0.4, -0.2) is 19.2 Å². The molecule has 1 heterocycles. The normalized spacial score (nSPS) is 20.5. The Kier molecular flexibility index (Phi) is 3.62. The molecule has 1 aromatic rings. The van der Waals surface area contributed by atoms with Gasteiger partial charge in [0.1, 0.15) is 12.4 Å². The molecule has 1 aliphatic heterocycles. The molecule has 2 nitrogen and oxygen atoms in total. The summed E-state index contributed by atoms with van der Waals surface area (Å²) in [5, 5.41) is 3.43. The Morgan fingerprint density at radius 1 is 1.47 bits per heavy atom. The summed E-state index contributed by atoms with van der Waals surface area (Å²) in [6, 6.07) is 8.93. The second-order valence-corrected chi connectivity index (χ2v) is 4.11. The van der Waals surface area contributed by atoms with Crippen molar-refractivity contribution in [2.45, 2.75) is 32.2 Å². The van der Waals surface area contributed by atoms with Gasteiger partial charge in [0.25, 0.3) is 0 Å². The van der Waals surface area contributed by atoms with Crippen LogP contribution in [0.2, 0.25) is 0 Å². The van der Waals surface area contributed by atoms with Gasteiger partial charge in [-0.2, -0.15) is 0 Å². The van der Waals surface area contributed by atoms with Gasteiger partial charge in [0, 0.05) is 6.04 Å². The summed E-state index contributed by atoms with van der Waals surface area (Å²) in [5.74, 6) is 1.00. The minimum atomic E-state index is 0.551. The molecule has 2 rings (SSSR count). The molecule has 1 aliphatic rings. The van der Waals surface area contributed by atoms with Gasteiger partial charge >= 0.3 is 0 Å². The van der Waals surface area contributed by atoms with E-state index in [-0.39, 0.29) is 0 Å². The predicted octanol–water partition coefficient (Wildman–Crippen LogP) is 2.38. The topological polar surface area (TPSA) is 21.3 Å². The summed E-state index contributed by atoms with van der Waals surface area (Å²) in [6.07, 6.45) is 3.59. The number of ether oxygens (including phenoxy) is 1. The van der Waals surface area contributed by atoms with E-state index in [0.29, 0.717) is 6.04 Å². The van der Waals surface area contributed by atoms with E-state index in [1.165, 1.54) is 18.4 Å². The van der Waals surface area contributed by atoms with Crippen molar-refractivity contribution < 1.29 is 4.74 Å². The predicted molar refractivity (Wildman–Crippen MR) is 62.3 cm³/mol. The molecular formula is C13H19NO. The lowest BCUT2D eigenvalue weighted by Gasteiger charge is -2.12. The van der Waals surface area contributed by atoms with Crippen LogP contribution in [0.15, 0.2) is 24.3 Å². The summed E-state index contributed by atoms with van der Waals surface area (Å²) in [6.45, 7) is 4.10. The van der Waals surface area contributed by atoms with Crippen LogP contribution in [0.5, 0.6) is 5.75 Å². The number of rotatable bonds is 4. The highest BCUT2D eigenvalue weighted by Crippen LogP contribution is 2.15. The number of hydrogen-bond donors (Lipinski definition) is 1. The van der Waals surface area contributed by atoms with Crippen molar-refractivity contribution in [3.63, 3.8) is 0 Å². The zero-order valence-electron chi connectivity index (χ0n) is 9.33. The van der Waals surface area contributed by atoms with E-state index in [0.717, 1.165) is 25.3 Å². The van der Waals surface area contributed by atoms with Crippen molar-refractivity contribution in [2.75, 3.05) is 13.2 Å². The number of hydrogen-bond acceptors (Lipinski definition) is 2. The molecule has 82 valence electrons. The van der Waals surface area contributed by atoms with Crippen LogP contribution in [0, 0.1) is 0 Å². The van der Waals surface area contributed by atoms with Crippen LogP contribution in [0.4, 0.5) is 0 Å². The Morgan fingerprint density at radius 2 is 2.40 bits per heavy atom. The Bertz CT molecular complexity index is 305. The molecule has 1 saturated heterocycles. The quantitative estimate of drug-likeness (QED) is 0.815. The Balaban J connectivity index is 1.86. The zero-order valence-corrected chi connectivity index (χ0v) is 9.33. The minimum absolute atomic E-state index is 0.551.